The van der Waals surface area contributed by atoms with Crippen LogP contribution in [0.3, 0.4) is 0 Å². The third-order valence-electron chi connectivity index (χ3n) is 5.66. The maximum absolute atomic E-state index is 4.45. The molecule has 3 heterocycles. The summed E-state index contributed by atoms with van der Waals surface area (Å²) in [4.78, 5) is 2.56. The Hall–Kier alpha value is -2.73. The van der Waals surface area contributed by atoms with Crippen LogP contribution in [0.15, 0.2) is 42.5 Å². The van der Waals surface area contributed by atoms with Gasteiger partial charge in [-0.3, -0.25) is 4.90 Å². The average Bonchev–Trinajstić information content (AvgIpc) is 3.07. The van der Waals surface area contributed by atoms with Gasteiger partial charge in [-0.05, 0) is 75.0 Å². The number of nitrogens with one attached hydrogen (secondary N) is 1. The van der Waals surface area contributed by atoms with E-state index in [-0.39, 0.29) is 0 Å². The third-order valence-corrected chi connectivity index (χ3v) is 5.66. The first kappa shape index (κ1) is 19.6. The Morgan fingerprint density at radius 3 is 2.31 bits per heavy atom. The van der Waals surface area contributed by atoms with E-state index in [1.54, 1.807) is 0 Å². The second-order valence-electron chi connectivity index (χ2n) is 8.24. The van der Waals surface area contributed by atoms with E-state index in [0.717, 1.165) is 42.0 Å². The van der Waals surface area contributed by atoms with Crippen LogP contribution in [0.4, 0.5) is 5.82 Å². The highest BCUT2D eigenvalue weighted by molar-refractivity contribution is 5.38. The maximum Gasteiger partial charge on any atom is 0.176 e. The Morgan fingerprint density at radius 1 is 0.966 bits per heavy atom. The van der Waals surface area contributed by atoms with Crippen LogP contribution in [-0.2, 0) is 13.1 Å². The molecule has 0 unspecified atom stereocenters. The van der Waals surface area contributed by atoms with Crippen molar-refractivity contribution in [2.75, 3.05) is 18.4 Å². The lowest BCUT2D eigenvalue weighted by atomic mass is 9.99. The van der Waals surface area contributed by atoms with Crippen molar-refractivity contribution < 1.29 is 0 Å². The van der Waals surface area contributed by atoms with E-state index in [1.807, 2.05) is 36.7 Å². The first-order chi connectivity index (χ1) is 14.1. The summed E-state index contributed by atoms with van der Waals surface area (Å²) >= 11 is 0. The molecule has 0 saturated carbocycles. The molecule has 1 N–H and O–H groups in total. The Labute approximate surface area is 173 Å². The zero-order valence-electron chi connectivity index (χ0n) is 17.6. The van der Waals surface area contributed by atoms with Gasteiger partial charge < -0.3 is 5.32 Å². The Kier molecular flexibility index (Phi) is 5.90. The van der Waals surface area contributed by atoms with Crippen molar-refractivity contribution in [3.63, 3.8) is 0 Å². The van der Waals surface area contributed by atoms with Gasteiger partial charge in [0.2, 0.25) is 0 Å². The first-order valence-electron chi connectivity index (χ1n) is 10.5. The number of benzene rings is 1. The number of anilines is 1. The number of aromatic nitrogens is 4. The van der Waals surface area contributed by atoms with Crippen molar-refractivity contribution in [3.8, 4) is 5.82 Å². The molecular formula is C23H30N6. The Balaban J connectivity index is 1.30. The first-order valence-corrected chi connectivity index (χ1v) is 10.5. The van der Waals surface area contributed by atoms with Crippen LogP contribution < -0.4 is 5.32 Å². The monoisotopic (exact) mass is 390 g/mol. The zero-order chi connectivity index (χ0) is 20.2. The van der Waals surface area contributed by atoms with Gasteiger partial charge in [0.25, 0.3) is 0 Å². The Morgan fingerprint density at radius 2 is 1.69 bits per heavy atom. The van der Waals surface area contributed by atoms with E-state index in [0.29, 0.717) is 0 Å². The van der Waals surface area contributed by atoms with Gasteiger partial charge in [0.15, 0.2) is 5.82 Å². The fraction of sp³-hybridized carbons (Fsp3) is 0.435. The van der Waals surface area contributed by atoms with Crippen LogP contribution in [0, 0.1) is 19.8 Å². The quantitative estimate of drug-likeness (QED) is 0.686. The second-order valence-corrected chi connectivity index (χ2v) is 8.24. The Bertz CT molecular complexity index is 921. The molecule has 1 aliphatic heterocycles. The molecule has 1 saturated heterocycles. The topological polar surface area (TPSA) is 58.9 Å². The van der Waals surface area contributed by atoms with Gasteiger partial charge >= 0.3 is 0 Å². The number of likely N-dealkylation sites (tertiary alicyclic amines) is 1. The smallest absolute Gasteiger partial charge is 0.176 e. The highest BCUT2D eigenvalue weighted by atomic mass is 15.4. The van der Waals surface area contributed by atoms with E-state index in [2.05, 4.69) is 56.7 Å². The number of piperidine rings is 1. The SMILES string of the molecule is Cc1cc(C)n(-c2ccc(NCc3ccc(CN4CCC(C)CC4)cc3)nn2)n1. The van der Waals surface area contributed by atoms with Gasteiger partial charge in [-0.25, -0.2) is 4.68 Å². The molecule has 0 radical (unpaired) electrons. The summed E-state index contributed by atoms with van der Waals surface area (Å²) in [6.45, 7) is 10.6. The molecule has 0 bridgehead atoms. The van der Waals surface area contributed by atoms with Crippen molar-refractivity contribution in [2.45, 2.75) is 46.7 Å². The molecule has 4 rings (SSSR count). The lowest BCUT2D eigenvalue weighted by Gasteiger charge is -2.30. The van der Waals surface area contributed by atoms with E-state index in [4.69, 9.17) is 0 Å². The predicted octanol–water partition coefficient (Wildman–Crippen LogP) is 4.12. The average molecular weight is 391 g/mol. The largest absolute Gasteiger partial charge is 0.365 e. The van der Waals surface area contributed by atoms with Gasteiger partial charge in [-0.2, -0.15) is 5.10 Å². The molecule has 0 atom stereocenters. The highest BCUT2D eigenvalue weighted by Gasteiger charge is 2.15. The molecule has 3 aromatic rings. The van der Waals surface area contributed by atoms with Crippen molar-refractivity contribution in [1.82, 2.24) is 24.9 Å². The predicted molar refractivity (Wildman–Crippen MR) is 116 cm³/mol. The standard InChI is InChI=1S/C23H30N6/c1-17-10-12-28(13-11-17)16-21-6-4-20(5-7-21)15-24-22-8-9-23(26-25-22)29-19(3)14-18(2)27-29/h4-9,14,17H,10-13,15-16H2,1-3H3,(H,24,25). The molecular weight excluding hydrogens is 360 g/mol. The van der Waals surface area contributed by atoms with Gasteiger partial charge in [0.1, 0.15) is 5.82 Å². The fourth-order valence-electron chi connectivity index (χ4n) is 3.83. The molecule has 1 aliphatic rings. The lowest BCUT2D eigenvalue weighted by molar-refractivity contribution is 0.185. The van der Waals surface area contributed by atoms with Crippen molar-refractivity contribution in [2.24, 2.45) is 5.92 Å². The van der Waals surface area contributed by atoms with E-state index < -0.39 is 0 Å². The summed E-state index contributed by atoms with van der Waals surface area (Å²) < 4.78 is 1.81. The highest BCUT2D eigenvalue weighted by Crippen LogP contribution is 2.18. The number of aryl methyl sites for hydroxylation is 2. The molecule has 0 spiro atoms. The maximum atomic E-state index is 4.45. The summed E-state index contributed by atoms with van der Waals surface area (Å²) in [5.74, 6) is 2.38. The van der Waals surface area contributed by atoms with Crippen LogP contribution in [0.5, 0.6) is 0 Å². The third kappa shape index (κ3) is 5.01. The van der Waals surface area contributed by atoms with E-state index in [1.165, 1.54) is 37.1 Å². The number of rotatable bonds is 6. The van der Waals surface area contributed by atoms with Crippen LogP contribution in [0.2, 0.25) is 0 Å². The molecule has 0 amide bonds. The van der Waals surface area contributed by atoms with Crippen molar-refractivity contribution in [3.05, 3.63) is 65.0 Å². The van der Waals surface area contributed by atoms with Gasteiger partial charge in [0.05, 0.1) is 5.69 Å². The van der Waals surface area contributed by atoms with E-state index >= 15 is 0 Å². The lowest BCUT2D eigenvalue weighted by Crippen LogP contribution is -2.32. The normalized spacial score (nSPS) is 15.6. The number of nitrogens with zero attached hydrogens (tertiary/aromatic N) is 5. The van der Waals surface area contributed by atoms with Gasteiger partial charge in [-0.1, -0.05) is 31.2 Å². The van der Waals surface area contributed by atoms with Crippen LogP contribution >= 0.6 is 0 Å². The minimum atomic E-state index is 0.732. The fourth-order valence-corrected chi connectivity index (χ4v) is 3.83. The zero-order valence-corrected chi connectivity index (χ0v) is 17.6. The van der Waals surface area contributed by atoms with Crippen LogP contribution in [0.1, 0.15) is 42.3 Å². The summed E-state index contributed by atoms with van der Waals surface area (Å²) in [5.41, 5.74) is 4.66. The summed E-state index contributed by atoms with van der Waals surface area (Å²) in [6.07, 6.45) is 2.64. The van der Waals surface area contributed by atoms with Crippen molar-refractivity contribution in [1.29, 1.82) is 0 Å². The molecule has 1 aromatic carbocycles. The molecule has 1 fully saturated rings. The molecule has 152 valence electrons. The molecule has 6 heteroatoms. The van der Waals surface area contributed by atoms with Crippen LogP contribution in [-0.4, -0.2) is 38.0 Å². The number of hydrogen-bond donors (Lipinski definition) is 1. The van der Waals surface area contributed by atoms with Crippen molar-refractivity contribution >= 4 is 5.82 Å². The summed E-state index contributed by atoms with van der Waals surface area (Å²) in [6, 6.07) is 14.8. The van der Waals surface area contributed by atoms with Gasteiger partial charge in [-0.15, -0.1) is 10.2 Å². The van der Waals surface area contributed by atoms with Crippen LogP contribution in [0.25, 0.3) is 5.82 Å². The minimum absolute atomic E-state index is 0.732. The minimum Gasteiger partial charge on any atom is -0.365 e. The second kappa shape index (κ2) is 8.74. The summed E-state index contributed by atoms with van der Waals surface area (Å²) in [7, 11) is 0. The summed E-state index contributed by atoms with van der Waals surface area (Å²) in [5, 5.41) is 16.4. The molecule has 6 nitrogen and oxygen atoms in total. The molecule has 0 aliphatic carbocycles. The number of hydrogen-bond acceptors (Lipinski definition) is 5. The van der Waals surface area contributed by atoms with Gasteiger partial charge in [0, 0.05) is 18.8 Å². The molecule has 2 aromatic heterocycles. The van der Waals surface area contributed by atoms with E-state index in [9.17, 15) is 0 Å². The molecule has 29 heavy (non-hydrogen) atoms.